The third-order valence-corrected chi connectivity index (χ3v) is 4.85. The van der Waals surface area contributed by atoms with Crippen LogP contribution in [0.1, 0.15) is 15.4 Å². The van der Waals surface area contributed by atoms with E-state index in [9.17, 15) is 4.79 Å². The summed E-state index contributed by atoms with van der Waals surface area (Å²) in [6.45, 7) is 4.74. The maximum Gasteiger partial charge on any atom is 0.254 e. The van der Waals surface area contributed by atoms with Crippen LogP contribution in [-0.4, -0.2) is 61.4 Å². The molecule has 128 valence electrons. The summed E-state index contributed by atoms with van der Waals surface area (Å²) in [5.74, 6) is 1.21. The average Bonchev–Trinajstić information content (AvgIpc) is 3.07. The molecule has 0 bridgehead atoms. The number of nitrogens with zero attached hydrogens (tertiary/aromatic N) is 4. The minimum atomic E-state index is -0.0136. The molecular formula is C16H20N4O3S. The second-order valence-electron chi connectivity index (χ2n) is 5.48. The molecule has 0 radical (unpaired) electrons. The molecule has 1 aromatic heterocycles. The molecule has 0 aliphatic carbocycles. The number of benzene rings is 1. The van der Waals surface area contributed by atoms with Crippen molar-refractivity contribution in [2.75, 3.05) is 45.3 Å². The number of carbonyl (C=O) groups is 1. The third-order valence-electron chi connectivity index (χ3n) is 3.95. The number of hydrogen-bond acceptors (Lipinski definition) is 7. The van der Waals surface area contributed by atoms with Gasteiger partial charge in [-0.15, -0.1) is 10.2 Å². The summed E-state index contributed by atoms with van der Waals surface area (Å²) in [6.07, 6.45) is 0. The predicted octanol–water partition coefficient (Wildman–Crippen LogP) is 1.83. The lowest BCUT2D eigenvalue weighted by Crippen LogP contribution is -2.48. The number of carbonyl (C=O) groups excluding carboxylic acids is 1. The summed E-state index contributed by atoms with van der Waals surface area (Å²) in [7, 11) is 3.15. The molecule has 2 heterocycles. The summed E-state index contributed by atoms with van der Waals surface area (Å²) in [4.78, 5) is 16.8. The number of methoxy groups -OCH3 is 2. The lowest BCUT2D eigenvalue weighted by atomic mass is 10.1. The molecule has 1 saturated heterocycles. The van der Waals surface area contributed by atoms with Crippen molar-refractivity contribution in [3.63, 3.8) is 0 Å². The topological polar surface area (TPSA) is 67.8 Å². The molecular weight excluding hydrogens is 328 g/mol. The van der Waals surface area contributed by atoms with Gasteiger partial charge in [0, 0.05) is 37.8 Å². The van der Waals surface area contributed by atoms with E-state index in [1.165, 1.54) is 0 Å². The zero-order valence-electron chi connectivity index (χ0n) is 14.0. The Kier molecular flexibility index (Phi) is 4.84. The van der Waals surface area contributed by atoms with Gasteiger partial charge in [0.25, 0.3) is 5.91 Å². The molecule has 1 fully saturated rings. The van der Waals surface area contributed by atoms with Crippen molar-refractivity contribution in [3.05, 3.63) is 28.8 Å². The molecule has 0 unspecified atom stereocenters. The molecule has 24 heavy (non-hydrogen) atoms. The highest BCUT2D eigenvalue weighted by atomic mass is 32.1. The lowest BCUT2D eigenvalue weighted by Gasteiger charge is -2.34. The maximum atomic E-state index is 12.8. The number of ether oxygens (including phenoxy) is 2. The SMILES string of the molecule is COc1cc(OC)cc(C(=O)N2CCN(c3nnc(C)s3)CC2)c1. The van der Waals surface area contributed by atoms with Crippen LogP contribution in [0.5, 0.6) is 11.5 Å². The number of amides is 1. The summed E-state index contributed by atoms with van der Waals surface area (Å²) in [5, 5.41) is 10.1. The second-order valence-corrected chi connectivity index (χ2v) is 6.64. The Morgan fingerprint density at radius 2 is 1.67 bits per heavy atom. The average molecular weight is 348 g/mol. The first-order valence-electron chi connectivity index (χ1n) is 7.68. The van der Waals surface area contributed by atoms with Gasteiger partial charge in [0.2, 0.25) is 5.13 Å². The maximum absolute atomic E-state index is 12.8. The molecule has 1 aliphatic rings. The Bertz CT molecular complexity index is 704. The number of piperazine rings is 1. The van der Waals surface area contributed by atoms with Crippen LogP contribution < -0.4 is 14.4 Å². The van der Waals surface area contributed by atoms with Gasteiger partial charge in [-0.05, 0) is 19.1 Å². The standard InChI is InChI=1S/C16H20N4O3S/c1-11-17-18-16(24-11)20-6-4-19(5-7-20)15(21)12-8-13(22-2)10-14(9-12)23-3/h8-10H,4-7H2,1-3H3. The summed E-state index contributed by atoms with van der Waals surface area (Å²) in [5.41, 5.74) is 0.575. The molecule has 8 heteroatoms. The van der Waals surface area contributed by atoms with E-state index in [4.69, 9.17) is 9.47 Å². The van der Waals surface area contributed by atoms with Crippen LogP contribution in [0.15, 0.2) is 18.2 Å². The van der Waals surface area contributed by atoms with Crippen LogP contribution in [0.25, 0.3) is 0 Å². The Hall–Kier alpha value is -2.35. The minimum absolute atomic E-state index is 0.0136. The van der Waals surface area contributed by atoms with Crippen LogP contribution in [0.4, 0.5) is 5.13 Å². The highest BCUT2D eigenvalue weighted by Gasteiger charge is 2.24. The number of anilines is 1. The van der Waals surface area contributed by atoms with Gasteiger partial charge in [-0.25, -0.2) is 0 Å². The fourth-order valence-corrected chi connectivity index (χ4v) is 3.37. The van der Waals surface area contributed by atoms with Gasteiger partial charge in [-0.1, -0.05) is 11.3 Å². The first kappa shape index (κ1) is 16.5. The van der Waals surface area contributed by atoms with Crippen molar-refractivity contribution in [1.29, 1.82) is 0 Å². The van der Waals surface area contributed by atoms with E-state index in [1.54, 1.807) is 43.8 Å². The first-order valence-corrected chi connectivity index (χ1v) is 8.50. The molecule has 2 aromatic rings. The monoisotopic (exact) mass is 348 g/mol. The van der Waals surface area contributed by atoms with Crippen LogP contribution >= 0.6 is 11.3 Å². The van der Waals surface area contributed by atoms with Gasteiger partial charge in [-0.2, -0.15) is 0 Å². The number of hydrogen-bond donors (Lipinski definition) is 0. The Morgan fingerprint density at radius 1 is 1.04 bits per heavy atom. The minimum Gasteiger partial charge on any atom is -0.497 e. The van der Waals surface area contributed by atoms with E-state index in [0.29, 0.717) is 30.2 Å². The Morgan fingerprint density at radius 3 is 2.17 bits per heavy atom. The predicted molar refractivity (Wildman–Crippen MR) is 92.3 cm³/mol. The van der Waals surface area contributed by atoms with Crippen LogP contribution in [-0.2, 0) is 0 Å². The van der Waals surface area contributed by atoms with Crippen molar-refractivity contribution in [3.8, 4) is 11.5 Å². The van der Waals surface area contributed by atoms with Crippen molar-refractivity contribution in [1.82, 2.24) is 15.1 Å². The fraction of sp³-hybridized carbons (Fsp3) is 0.438. The molecule has 1 aliphatic heterocycles. The molecule has 0 atom stereocenters. The largest absolute Gasteiger partial charge is 0.497 e. The summed E-state index contributed by atoms with van der Waals surface area (Å²) in [6, 6.07) is 5.24. The smallest absolute Gasteiger partial charge is 0.254 e. The van der Waals surface area contributed by atoms with Gasteiger partial charge in [0.15, 0.2) is 0 Å². The van der Waals surface area contributed by atoms with E-state index in [-0.39, 0.29) is 5.91 Å². The second kappa shape index (κ2) is 7.04. The van der Waals surface area contributed by atoms with E-state index in [2.05, 4.69) is 15.1 Å². The molecule has 0 saturated carbocycles. The Labute approximate surface area is 144 Å². The zero-order chi connectivity index (χ0) is 17.1. The van der Waals surface area contributed by atoms with Gasteiger partial charge >= 0.3 is 0 Å². The van der Waals surface area contributed by atoms with Gasteiger partial charge in [0.05, 0.1) is 14.2 Å². The molecule has 3 rings (SSSR count). The van der Waals surface area contributed by atoms with Crippen molar-refractivity contribution in [2.24, 2.45) is 0 Å². The Balaban J connectivity index is 1.69. The van der Waals surface area contributed by atoms with Crippen LogP contribution in [0, 0.1) is 6.92 Å². The van der Waals surface area contributed by atoms with Gasteiger partial charge in [0.1, 0.15) is 16.5 Å². The number of rotatable bonds is 4. The molecule has 0 N–H and O–H groups in total. The van der Waals surface area contributed by atoms with Gasteiger partial charge < -0.3 is 19.3 Å². The van der Waals surface area contributed by atoms with E-state index in [0.717, 1.165) is 23.2 Å². The number of aryl methyl sites for hydroxylation is 1. The van der Waals surface area contributed by atoms with E-state index in [1.807, 2.05) is 11.8 Å². The highest BCUT2D eigenvalue weighted by molar-refractivity contribution is 7.15. The van der Waals surface area contributed by atoms with Crippen molar-refractivity contribution >= 4 is 22.4 Å². The summed E-state index contributed by atoms with van der Waals surface area (Å²) < 4.78 is 10.5. The quantitative estimate of drug-likeness (QED) is 0.840. The zero-order valence-corrected chi connectivity index (χ0v) is 14.8. The van der Waals surface area contributed by atoms with E-state index < -0.39 is 0 Å². The van der Waals surface area contributed by atoms with E-state index >= 15 is 0 Å². The van der Waals surface area contributed by atoms with Crippen LogP contribution in [0.3, 0.4) is 0 Å². The van der Waals surface area contributed by atoms with Gasteiger partial charge in [-0.3, -0.25) is 4.79 Å². The molecule has 0 spiro atoms. The number of aromatic nitrogens is 2. The van der Waals surface area contributed by atoms with Crippen LogP contribution in [0.2, 0.25) is 0 Å². The van der Waals surface area contributed by atoms with Crippen molar-refractivity contribution in [2.45, 2.75) is 6.92 Å². The molecule has 1 aromatic carbocycles. The highest BCUT2D eigenvalue weighted by Crippen LogP contribution is 2.25. The molecule has 1 amide bonds. The molecule has 7 nitrogen and oxygen atoms in total. The first-order chi connectivity index (χ1) is 11.6. The third kappa shape index (κ3) is 3.43. The fourth-order valence-electron chi connectivity index (χ4n) is 2.63. The summed E-state index contributed by atoms with van der Waals surface area (Å²) >= 11 is 1.58. The van der Waals surface area contributed by atoms with Crippen molar-refractivity contribution < 1.29 is 14.3 Å². The lowest BCUT2D eigenvalue weighted by molar-refractivity contribution is 0.0746. The normalized spacial score (nSPS) is 14.6.